The van der Waals surface area contributed by atoms with E-state index in [1.807, 2.05) is 0 Å². The summed E-state index contributed by atoms with van der Waals surface area (Å²) in [6.45, 7) is 8.99. The lowest BCUT2D eigenvalue weighted by atomic mass is 9.97. The lowest BCUT2D eigenvalue weighted by Crippen LogP contribution is -2.37. The van der Waals surface area contributed by atoms with Crippen LogP contribution in [0.5, 0.6) is 0 Å². The van der Waals surface area contributed by atoms with Gasteiger partial charge in [0.05, 0.1) is 5.69 Å². The maximum Gasteiger partial charge on any atom is 0.185 e. The number of anilines is 1. The Bertz CT molecular complexity index is 410. The lowest BCUT2D eigenvalue weighted by Gasteiger charge is -2.33. The molecule has 1 unspecified atom stereocenters. The van der Waals surface area contributed by atoms with Gasteiger partial charge >= 0.3 is 0 Å². The standard InChI is InChI=1S/C16H30N4S/c1-5-8-17-13(2)15-12-21-16(18-15)20-9-6-14(7-10-20)11-19(3)4/h12-14,17H,5-11H2,1-4H3. The minimum Gasteiger partial charge on any atom is -0.348 e. The Labute approximate surface area is 133 Å². The van der Waals surface area contributed by atoms with Crippen molar-refractivity contribution < 1.29 is 0 Å². The first kappa shape index (κ1) is 16.7. The number of aromatic nitrogens is 1. The molecular formula is C16H30N4S. The Kier molecular flexibility index (Phi) is 6.45. The van der Waals surface area contributed by atoms with Crippen LogP contribution in [0.15, 0.2) is 5.38 Å². The molecule has 0 bridgehead atoms. The van der Waals surface area contributed by atoms with Gasteiger partial charge in [-0.2, -0.15) is 0 Å². The molecule has 1 aliphatic rings. The molecule has 1 saturated heterocycles. The van der Waals surface area contributed by atoms with Gasteiger partial charge in [-0.3, -0.25) is 0 Å². The summed E-state index contributed by atoms with van der Waals surface area (Å²) in [7, 11) is 4.34. The van der Waals surface area contributed by atoms with Crippen LogP contribution in [0.2, 0.25) is 0 Å². The normalized spacial score (nSPS) is 18.4. The summed E-state index contributed by atoms with van der Waals surface area (Å²) >= 11 is 1.80. The molecule has 21 heavy (non-hydrogen) atoms. The summed E-state index contributed by atoms with van der Waals surface area (Å²) in [4.78, 5) is 9.62. The minimum atomic E-state index is 0.362. The highest BCUT2D eigenvalue weighted by molar-refractivity contribution is 7.13. The van der Waals surface area contributed by atoms with Gasteiger partial charge in [0.15, 0.2) is 5.13 Å². The van der Waals surface area contributed by atoms with Crippen molar-refractivity contribution in [2.75, 3.05) is 45.2 Å². The molecule has 0 aliphatic carbocycles. The van der Waals surface area contributed by atoms with Crippen LogP contribution in [0, 0.1) is 5.92 Å². The predicted octanol–water partition coefficient (Wildman–Crippen LogP) is 2.98. The maximum atomic E-state index is 4.84. The van der Waals surface area contributed by atoms with Crippen LogP contribution in [0.3, 0.4) is 0 Å². The first-order valence-electron chi connectivity index (χ1n) is 8.18. The van der Waals surface area contributed by atoms with Gasteiger partial charge in [-0.05, 0) is 52.7 Å². The zero-order chi connectivity index (χ0) is 15.2. The van der Waals surface area contributed by atoms with Gasteiger partial charge in [-0.1, -0.05) is 6.92 Å². The van der Waals surface area contributed by atoms with Crippen molar-refractivity contribution in [3.8, 4) is 0 Å². The number of rotatable bonds is 7. The average molecular weight is 311 g/mol. The molecule has 1 atom stereocenters. The van der Waals surface area contributed by atoms with E-state index in [1.165, 1.54) is 36.6 Å². The zero-order valence-corrected chi connectivity index (χ0v) is 14.7. The number of hydrogen-bond acceptors (Lipinski definition) is 5. The quantitative estimate of drug-likeness (QED) is 0.839. The van der Waals surface area contributed by atoms with Crippen LogP contribution < -0.4 is 10.2 Å². The number of piperidine rings is 1. The van der Waals surface area contributed by atoms with Crippen molar-refractivity contribution in [1.29, 1.82) is 0 Å². The SMILES string of the molecule is CCCNC(C)c1csc(N2CCC(CN(C)C)CC2)n1. The van der Waals surface area contributed by atoms with E-state index >= 15 is 0 Å². The first-order valence-corrected chi connectivity index (χ1v) is 9.06. The van der Waals surface area contributed by atoms with Crippen LogP contribution >= 0.6 is 11.3 Å². The van der Waals surface area contributed by atoms with Crippen LogP contribution in [-0.4, -0.2) is 50.2 Å². The molecule has 2 heterocycles. The van der Waals surface area contributed by atoms with E-state index in [1.54, 1.807) is 11.3 Å². The summed E-state index contributed by atoms with van der Waals surface area (Å²) in [5.41, 5.74) is 1.19. The fourth-order valence-electron chi connectivity index (χ4n) is 2.91. The summed E-state index contributed by atoms with van der Waals surface area (Å²) < 4.78 is 0. The Morgan fingerprint density at radius 3 is 2.76 bits per heavy atom. The number of thiazole rings is 1. The molecule has 120 valence electrons. The van der Waals surface area contributed by atoms with Crippen molar-refractivity contribution in [1.82, 2.24) is 15.2 Å². The third-order valence-electron chi connectivity index (χ3n) is 4.16. The lowest BCUT2D eigenvalue weighted by molar-refractivity contribution is 0.285. The van der Waals surface area contributed by atoms with E-state index < -0.39 is 0 Å². The molecule has 0 amide bonds. The maximum absolute atomic E-state index is 4.84. The topological polar surface area (TPSA) is 31.4 Å². The molecule has 1 aliphatic heterocycles. The fraction of sp³-hybridized carbons (Fsp3) is 0.812. The minimum absolute atomic E-state index is 0.362. The third kappa shape index (κ3) is 4.94. The van der Waals surface area contributed by atoms with Crippen LogP contribution in [0.25, 0.3) is 0 Å². The summed E-state index contributed by atoms with van der Waals surface area (Å²) in [6.07, 6.45) is 3.74. The van der Waals surface area contributed by atoms with E-state index in [4.69, 9.17) is 4.98 Å². The number of nitrogens with one attached hydrogen (secondary N) is 1. The monoisotopic (exact) mass is 310 g/mol. The molecule has 0 saturated carbocycles. The molecule has 2 rings (SSSR count). The second-order valence-corrected chi connectivity index (χ2v) is 7.26. The molecule has 0 radical (unpaired) electrons. The fourth-order valence-corrected chi connectivity index (χ4v) is 3.88. The number of hydrogen-bond donors (Lipinski definition) is 1. The summed E-state index contributed by atoms with van der Waals surface area (Å²) in [5, 5.41) is 6.94. The molecule has 1 aromatic heterocycles. The first-order chi connectivity index (χ1) is 10.1. The Hall–Kier alpha value is -0.650. The van der Waals surface area contributed by atoms with E-state index in [0.717, 1.165) is 25.6 Å². The van der Waals surface area contributed by atoms with E-state index in [9.17, 15) is 0 Å². The zero-order valence-electron chi connectivity index (χ0n) is 13.9. The third-order valence-corrected chi connectivity index (χ3v) is 5.08. The second kappa shape index (κ2) is 8.11. The van der Waals surface area contributed by atoms with Crippen molar-refractivity contribution >= 4 is 16.5 Å². The molecule has 1 aromatic rings. The van der Waals surface area contributed by atoms with Crippen LogP contribution in [0.4, 0.5) is 5.13 Å². The van der Waals surface area contributed by atoms with Gasteiger partial charge in [0.25, 0.3) is 0 Å². The molecular weight excluding hydrogens is 280 g/mol. The van der Waals surface area contributed by atoms with Gasteiger partial charge in [0, 0.05) is 31.1 Å². The molecule has 1 N–H and O–H groups in total. The van der Waals surface area contributed by atoms with E-state index in [-0.39, 0.29) is 0 Å². The highest BCUT2D eigenvalue weighted by Crippen LogP contribution is 2.28. The van der Waals surface area contributed by atoms with Gasteiger partial charge in [-0.15, -0.1) is 11.3 Å². The predicted molar refractivity (Wildman–Crippen MR) is 92.3 cm³/mol. The van der Waals surface area contributed by atoms with Crippen molar-refractivity contribution in [2.45, 2.75) is 39.2 Å². The largest absolute Gasteiger partial charge is 0.348 e. The van der Waals surface area contributed by atoms with E-state index in [2.05, 4.69) is 48.4 Å². The van der Waals surface area contributed by atoms with Crippen LogP contribution in [0.1, 0.15) is 44.8 Å². The summed E-state index contributed by atoms with van der Waals surface area (Å²) in [5.74, 6) is 0.848. The summed E-state index contributed by atoms with van der Waals surface area (Å²) in [6, 6.07) is 0.362. The van der Waals surface area contributed by atoms with Gasteiger partial charge in [0.2, 0.25) is 0 Å². The Morgan fingerprint density at radius 1 is 1.43 bits per heavy atom. The van der Waals surface area contributed by atoms with Gasteiger partial charge in [0.1, 0.15) is 0 Å². The second-order valence-electron chi connectivity index (χ2n) is 6.42. The smallest absolute Gasteiger partial charge is 0.185 e. The molecule has 0 aromatic carbocycles. The highest BCUT2D eigenvalue weighted by atomic mass is 32.1. The van der Waals surface area contributed by atoms with Gasteiger partial charge in [-0.25, -0.2) is 4.98 Å². The highest BCUT2D eigenvalue weighted by Gasteiger charge is 2.22. The average Bonchev–Trinajstić information content (AvgIpc) is 2.95. The molecule has 4 nitrogen and oxygen atoms in total. The van der Waals surface area contributed by atoms with Crippen molar-refractivity contribution in [3.63, 3.8) is 0 Å². The molecule has 0 spiro atoms. The number of nitrogens with zero attached hydrogens (tertiary/aromatic N) is 3. The van der Waals surface area contributed by atoms with E-state index in [0.29, 0.717) is 6.04 Å². The van der Waals surface area contributed by atoms with Gasteiger partial charge < -0.3 is 15.1 Å². The Balaban J connectivity index is 1.85. The van der Waals surface area contributed by atoms with Crippen molar-refractivity contribution in [2.24, 2.45) is 5.92 Å². The molecule has 1 fully saturated rings. The Morgan fingerprint density at radius 2 is 2.14 bits per heavy atom. The van der Waals surface area contributed by atoms with Crippen molar-refractivity contribution in [3.05, 3.63) is 11.1 Å². The van der Waals surface area contributed by atoms with Crippen LogP contribution in [-0.2, 0) is 0 Å². The molecule has 5 heteroatoms.